The third-order valence-electron chi connectivity index (χ3n) is 2.97. The van der Waals surface area contributed by atoms with Gasteiger partial charge in [-0.2, -0.15) is 13.2 Å². The highest BCUT2D eigenvalue weighted by molar-refractivity contribution is 5.11. The number of halogens is 3. The van der Waals surface area contributed by atoms with Crippen molar-refractivity contribution in [1.82, 2.24) is 15.3 Å². The van der Waals surface area contributed by atoms with Crippen LogP contribution in [0.25, 0.3) is 0 Å². The van der Waals surface area contributed by atoms with Crippen molar-refractivity contribution in [2.75, 3.05) is 13.1 Å². The Morgan fingerprint density at radius 3 is 2.59 bits per heavy atom. The molecule has 3 nitrogen and oxygen atoms in total. The van der Waals surface area contributed by atoms with Crippen LogP contribution >= 0.6 is 0 Å². The van der Waals surface area contributed by atoms with E-state index in [9.17, 15) is 13.2 Å². The number of piperidine rings is 1. The Labute approximate surface area is 97.5 Å². The Kier molecular flexibility index (Phi) is 3.61. The molecule has 2 rings (SSSR count). The van der Waals surface area contributed by atoms with E-state index in [1.54, 1.807) is 0 Å². The lowest BCUT2D eigenvalue weighted by Gasteiger charge is -2.22. The highest BCUT2D eigenvalue weighted by Gasteiger charge is 2.32. The molecule has 1 fully saturated rings. The smallest absolute Gasteiger partial charge is 0.317 e. The molecule has 1 aliphatic rings. The summed E-state index contributed by atoms with van der Waals surface area (Å²) in [7, 11) is 0. The molecular formula is C11H14F3N3. The highest BCUT2D eigenvalue weighted by Crippen LogP contribution is 2.28. The highest BCUT2D eigenvalue weighted by atomic mass is 19.4. The molecule has 1 aromatic rings. The Morgan fingerprint density at radius 2 is 1.94 bits per heavy atom. The fourth-order valence-electron chi connectivity index (χ4n) is 2.05. The van der Waals surface area contributed by atoms with Gasteiger partial charge in [0.25, 0.3) is 0 Å². The van der Waals surface area contributed by atoms with E-state index in [2.05, 4.69) is 15.3 Å². The zero-order valence-electron chi connectivity index (χ0n) is 9.30. The molecule has 6 heteroatoms. The third kappa shape index (κ3) is 3.39. The van der Waals surface area contributed by atoms with Gasteiger partial charge in [0.05, 0.1) is 0 Å². The quantitative estimate of drug-likeness (QED) is 0.866. The van der Waals surface area contributed by atoms with Crippen molar-refractivity contribution < 1.29 is 13.2 Å². The number of rotatable bonds is 2. The van der Waals surface area contributed by atoms with Gasteiger partial charge in [0.15, 0.2) is 0 Å². The van der Waals surface area contributed by atoms with E-state index in [0.29, 0.717) is 18.0 Å². The fourth-order valence-corrected chi connectivity index (χ4v) is 2.05. The average molecular weight is 245 g/mol. The van der Waals surface area contributed by atoms with Gasteiger partial charge in [-0.15, -0.1) is 0 Å². The molecule has 1 N–H and O–H groups in total. The van der Waals surface area contributed by atoms with Crippen LogP contribution in [-0.4, -0.2) is 23.1 Å². The minimum absolute atomic E-state index is 0.423. The van der Waals surface area contributed by atoms with Crippen LogP contribution in [0.15, 0.2) is 12.4 Å². The second-order valence-electron chi connectivity index (χ2n) is 4.29. The van der Waals surface area contributed by atoms with E-state index < -0.39 is 11.9 Å². The standard InChI is InChI=1S/C11H14F3N3/c12-11(13,14)10-6-9(16-7-17-10)5-8-1-3-15-4-2-8/h6-8,15H,1-5H2. The number of nitrogens with zero attached hydrogens (tertiary/aromatic N) is 2. The maximum absolute atomic E-state index is 12.4. The molecule has 0 amide bonds. The maximum atomic E-state index is 12.4. The van der Waals surface area contributed by atoms with Gasteiger partial charge in [0, 0.05) is 5.69 Å². The summed E-state index contributed by atoms with van der Waals surface area (Å²) in [5.74, 6) is 0.423. The van der Waals surface area contributed by atoms with E-state index >= 15 is 0 Å². The fraction of sp³-hybridized carbons (Fsp3) is 0.636. The lowest BCUT2D eigenvalue weighted by atomic mass is 9.93. The third-order valence-corrected chi connectivity index (χ3v) is 2.97. The van der Waals surface area contributed by atoms with Crippen LogP contribution < -0.4 is 5.32 Å². The van der Waals surface area contributed by atoms with Gasteiger partial charge in [-0.05, 0) is 44.3 Å². The van der Waals surface area contributed by atoms with Crippen LogP contribution in [-0.2, 0) is 12.6 Å². The summed E-state index contributed by atoms with van der Waals surface area (Å²) in [4.78, 5) is 7.17. The predicted octanol–water partition coefficient (Wildman–Crippen LogP) is 2.04. The van der Waals surface area contributed by atoms with Crippen molar-refractivity contribution in [3.63, 3.8) is 0 Å². The number of hydrogen-bond acceptors (Lipinski definition) is 3. The van der Waals surface area contributed by atoms with Gasteiger partial charge in [-0.3, -0.25) is 0 Å². The summed E-state index contributed by atoms with van der Waals surface area (Å²) in [5.41, 5.74) is -0.365. The summed E-state index contributed by atoms with van der Waals surface area (Å²) in [6.45, 7) is 1.86. The summed E-state index contributed by atoms with van der Waals surface area (Å²) in [6.07, 6.45) is -0.797. The van der Waals surface area contributed by atoms with Crippen LogP contribution in [0.1, 0.15) is 24.2 Å². The summed E-state index contributed by atoms with van der Waals surface area (Å²) < 4.78 is 37.3. The van der Waals surface area contributed by atoms with Gasteiger partial charge >= 0.3 is 6.18 Å². The molecule has 1 aromatic heterocycles. The normalized spacial score (nSPS) is 18.3. The van der Waals surface area contributed by atoms with Crippen molar-refractivity contribution in [3.8, 4) is 0 Å². The Morgan fingerprint density at radius 1 is 1.24 bits per heavy atom. The van der Waals surface area contributed by atoms with E-state index in [-0.39, 0.29) is 0 Å². The second kappa shape index (κ2) is 5.00. The molecule has 0 aliphatic carbocycles. The number of nitrogens with one attached hydrogen (secondary N) is 1. The minimum atomic E-state index is -4.38. The van der Waals surface area contributed by atoms with E-state index in [0.717, 1.165) is 38.3 Å². The summed E-state index contributed by atoms with van der Waals surface area (Å²) >= 11 is 0. The minimum Gasteiger partial charge on any atom is -0.317 e. The Balaban J connectivity index is 2.05. The molecular weight excluding hydrogens is 231 g/mol. The van der Waals surface area contributed by atoms with Gasteiger partial charge in [0.2, 0.25) is 0 Å². The van der Waals surface area contributed by atoms with Crippen LogP contribution in [0.2, 0.25) is 0 Å². The molecule has 2 heterocycles. The van der Waals surface area contributed by atoms with E-state index in [1.165, 1.54) is 0 Å². The van der Waals surface area contributed by atoms with Gasteiger partial charge in [-0.25, -0.2) is 9.97 Å². The summed E-state index contributed by atoms with van der Waals surface area (Å²) in [6, 6.07) is 1.06. The van der Waals surface area contributed by atoms with Gasteiger partial charge in [0.1, 0.15) is 12.0 Å². The van der Waals surface area contributed by atoms with Crippen LogP contribution in [0.4, 0.5) is 13.2 Å². The molecule has 94 valence electrons. The van der Waals surface area contributed by atoms with Crippen molar-refractivity contribution in [3.05, 3.63) is 23.8 Å². The van der Waals surface area contributed by atoms with Crippen molar-refractivity contribution in [2.45, 2.75) is 25.4 Å². The zero-order valence-corrected chi connectivity index (χ0v) is 9.30. The van der Waals surface area contributed by atoms with E-state index in [4.69, 9.17) is 0 Å². The number of aromatic nitrogens is 2. The lowest BCUT2D eigenvalue weighted by Crippen LogP contribution is -2.28. The van der Waals surface area contributed by atoms with Gasteiger partial charge in [-0.1, -0.05) is 0 Å². The molecule has 1 saturated heterocycles. The number of alkyl halides is 3. The van der Waals surface area contributed by atoms with Gasteiger partial charge < -0.3 is 5.32 Å². The van der Waals surface area contributed by atoms with Crippen LogP contribution in [0, 0.1) is 5.92 Å². The molecule has 0 spiro atoms. The average Bonchev–Trinajstić information content (AvgIpc) is 2.29. The monoisotopic (exact) mass is 245 g/mol. The first-order chi connectivity index (χ1) is 8.05. The summed E-state index contributed by atoms with van der Waals surface area (Å²) in [5, 5.41) is 3.22. The largest absolute Gasteiger partial charge is 0.433 e. The Bertz CT molecular complexity index is 372. The first-order valence-corrected chi connectivity index (χ1v) is 5.64. The topological polar surface area (TPSA) is 37.8 Å². The van der Waals surface area contributed by atoms with Crippen LogP contribution in [0.3, 0.4) is 0 Å². The molecule has 0 unspecified atom stereocenters. The predicted molar refractivity (Wildman–Crippen MR) is 56.3 cm³/mol. The second-order valence-corrected chi connectivity index (χ2v) is 4.29. The number of hydrogen-bond donors (Lipinski definition) is 1. The first kappa shape index (κ1) is 12.3. The SMILES string of the molecule is FC(F)(F)c1cc(CC2CCNCC2)ncn1. The van der Waals surface area contributed by atoms with Crippen molar-refractivity contribution in [1.29, 1.82) is 0 Å². The zero-order chi connectivity index (χ0) is 12.3. The molecule has 1 aliphatic heterocycles. The molecule has 0 radical (unpaired) electrons. The first-order valence-electron chi connectivity index (χ1n) is 5.64. The lowest BCUT2D eigenvalue weighted by molar-refractivity contribution is -0.141. The van der Waals surface area contributed by atoms with Crippen molar-refractivity contribution in [2.24, 2.45) is 5.92 Å². The van der Waals surface area contributed by atoms with Crippen molar-refractivity contribution >= 4 is 0 Å². The molecule has 0 atom stereocenters. The van der Waals surface area contributed by atoms with E-state index in [1.807, 2.05) is 0 Å². The maximum Gasteiger partial charge on any atom is 0.433 e. The van der Waals surface area contributed by atoms with Crippen LogP contribution in [0.5, 0.6) is 0 Å². The molecule has 0 saturated carbocycles. The molecule has 0 aromatic carbocycles. The Hall–Kier alpha value is -1.17. The molecule has 0 bridgehead atoms. The molecule has 17 heavy (non-hydrogen) atoms.